The molecule has 0 atom stereocenters. The zero-order chi connectivity index (χ0) is 6.41. The highest BCUT2D eigenvalue weighted by Gasteiger charge is 1.77. The van der Waals surface area contributed by atoms with Gasteiger partial charge in [0.25, 0.3) is 0 Å². The first-order valence-electron chi connectivity index (χ1n) is 2.39. The number of aliphatic hydroxyl groups excluding tert-OH is 1. The van der Waals surface area contributed by atoms with Gasteiger partial charge in [0.05, 0.1) is 6.61 Å². The van der Waals surface area contributed by atoms with Crippen molar-refractivity contribution < 1.29 is 5.11 Å². The molecule has 1 heteroatoms. The largest absolute Gasteiger partial charge is 0.392 e. The van der Waals surface area contributed by atoms with E-state index in [0.29, 0.717) is 5.57 Å². The Labute approximate surface area is 49.7 Å². The van der Waals surface area contributed by atoms with Crippen LogP contribution in [-0.4, -0.2) is 11.7 Å². The summed E-state index contributed by atoms with van der Waals surface area (Å²) in [6.45, 7) is 7.00. The molecule has 0 aromatic carbocycles. The lowest BCUT2D eigenvalue weighted by atomic mass is 10.3. The van der Waals surface area contributed by atoms with Crippen LogP contribution < -0.4 is 0 Å². The molecule has 0 aliphatic heterocycles. The molecule has 0 radical (unpaired) electrons. The van der Waals surface area contributed by atoms with Gasteiger partial charge in [-0.2, -0.15) is 0 Å². The number of allylic oxidation sites excluding steroid dienone is 2. The van der Waals surface area contributed by atoms with Crippen molar-refractivity contribution in [3.63, 3.8) is 0 Å². The average Bonchev–Trinajstić information content (AvgIpc) is 1.83. The smallest absolute Gasteiger partial charge is 0.0676 e. The predicted molar refractivity (Wildman–Crippen MR) is 35.6 cm³/mol. The summed E-state index contributed by atoms with van der Waals surface area (Å²) in [5.41, 5.74) is 0.699. The normalized spacial score (nSPS) is 9.62. The van der Waals surface area contributed by atoms with Gasteiger partial charge in [-0.3, -0.25) is 0 Å². The topological polar surface area (TPSA) is 20.2 Å². The third kappa shape index (κ3) is 3.37. The van der Waals surface area contributed by atoms with E-state index in [1.54, 1.807) is 18.2 Å². The molecule has 0 aromatic rings. The van der Waals surface area contributed by atoms with Crippen molar-refractivity contribution in [2.45, 2.75) is 0 Å². The first-order valence-corrected chi connectivity index (χ1v) is 2.39. The van der Waals surface area contributed by atoms with Crippen molar-refractivity contribution in [3.8, 4) is 0 Å². The van der Waals surface area contributed by atoms with Crippen molar-refractivity contribution in [2.24, 2.45) is 0 Å². The highest BCUT2D eigenvalue weighted by atomic mass is 16.3. The molecule has 0 fully saturated rings. The van der Waals surface area contributed by atoms with Crippen LogP contribution in [0.4, 0.5) is 0 Å². The van der Waals surface area contributed by atoms with Crippen molar-refractivity contribution in [1.82, 2.24) is 0 Å². The lowest BCUT2D eigenvalue weighted by Crippen LogP contribution is -1.80. The minimum absolute atomic E-state index is 0.0182. The SMILES string of the molecule is C=CC=CC(=C)CO. The Balaban J connectivity index is 3.52. The van der Waals surface area contributed by atoms with Crippen LogP contribution in [0, 0.1) is 0 Å². The fourth-order valence-corrected chi connectivity index (χ4v) is 0.257. The molecule has 0 unspecified atom stereocenters. The zero-order valence-corrected chi connectivity index (χ0v) is 4.80. The van der Waals surface area contributed by atoms with Crippen LogP contribution in [0.2, 0.25) is 0 Å². The molecule has 0 bridgehead atoms. The van der Waals surface area contributed by atoms with Gasteiger partial charge in [0, 0.05) is 0 Å². The third-order valence-corrected chi connectivity index (χ3v) is 0.671. The van der Waals surface area contributed by atoms with Crippen molar-refractivity contribution in [2.75, 3.05) is 6.61 Å². The van der Waals surface area contributed by atoms with Crippen LogP contribution in [0.1, 0.15) is 0 Å². The van der Waals surface area contributed by atoms with Gasteiger partial charge in [-0.1, -0.05) is 31.4 Å². The Morgan fingerprint density at radius 2 is 2.25 bits per heavy atom. The van der Waals surface area contributed by atoms with Crippen LogP contribution >= 0.6 is 0 Å². The van der Waals surface area contributed by atoms with E-state index in [4.69, 9.17) is 5.11 Å². The Kier molecular flexibility index (Phi) is 3.90. The standard InChI is InChI=1S/C7H10O/c1-3-4-5-7(2)6-8/h3-5,8H,1-2,6H2. The van der Waals surface area contributed by atoms with E-state index >= 15 is 0 Å². The lowest BCUT2D eigenvalue weighted by molar-refractivity contribution is 0.335. The van der Waals surface area contributed by atoms with E-state index in [9.17, 15) is 0 Å². The molecule has 0 rings (SSSR count). The molecule has 0 aliphatic carbocycles. The summed E-state index contributed by atoms with van der Waals surface area (Å²) in [5, 5.41) is 8.38. The lowest BCUT2D eigenvalue weighted by Gasteiger charge is -1.86. The summed E-state index contributed by atoms with van der Waals surface area (Å²) < 4.78 is 0. The van der Waals surface area contributed by atoms with Crippen molar-refractivity contribution in [3.05, 3.63) is 37.0 Å². The molecule has 1 N–H and O–H groups in total. The van der Waals surface area contributed by atoms with E-state index in [-0.39, 0.29) is 6.61 Å². The summed E-state index contributed by atoms with van der Waals surface area (Å²) in [4.78, 5) is 0. The molecule has 0 aliphatic rings. The molecule has 0 saturated heterocycles. The maximum atomic E-state index is 8.38. The van der Waals surface area contributed by atoms with Crippen LogP contribution in [0.5, 0.6) is 0 Å². The van der Waals surface area contributed by atoms with Gasteiger partial charge in [0.1, 0.15) is 0 Å². The third-order valence-electron chi connectivity index (χ3n) is 0.671. The van der Waals surface area contributed by atoms with Crippen molar-refractivity contribution in [1.29, 1.82) is 0 Å². The maximum Gasteiger partial charge on any atom is 0.0676 e. The summed E-state index contributed by atoms with van der Waals surface area (Å²) in [6.07, 6.45) is 5.09. The highest BCUT2D eigenvalue weighted by Crippen LogP contribution is 1.88. The second kappa shape index (κ2) is 4.34. The summed E-state index contributed by atoms with van der Waals surface area (Å²) in [5.74, 6) is 0. The van der Waals surface area contributed by atoms with Gasteiger partial charge >= 0.3 is 0 Å². The van der Waals surface area contributed by atoms with E-state index < -0.39 is 0 Å². The Bertz CT molecular complexity index is 112. The van der Waals surface area contributed by atoms with Crippen LogP contribution in [0.15, 0.2) is 37.0 Å². The monoisotopic (exact) mass is 110 g/mol. The molecule has 0 aromatic heterocycles. The fourth-order valence-electron chi connectivity index (χ4n) is 0.257. The second-order valence-electron chi connectivity index (χ2n) is 1.41. The molecule has 44 valence electrons. The van der Waals surface area contributed by atoms with Crippen LogP contribution in [0.25, 0.3) is 0 Å². The molecular weight excluding hydrogens is 100 g/mol. The predicted octanol–water partition coefficient (Wildman–Crippen LogP) is 1.28. The first-order chi connectivity index (χ1) is 3.81. The summed E-state index contributed by atoms with van der Waals surface area (Å²) in [7, 11) is 0. The number of hydrogen-bond acceptors (Lipinski definition) is 1. The fraction of sp³-hybridized carbons (Fsp3) is 0.143. The van der Waals surface area contributed by atoms with Crippen LogP contribution in [-0.2, 0) is 0 Å². The quantitative estimate of drug-likeness (QED) is 0.542. The zero-order valence-electron chi connectivity index (χ0n) is 4.80. The Hall–Kier alpha value is -0.820. The Morgan fingerprint density at radius 1 is 1.62 bits per heavy atom. The van der Waals surface area contributed by atoms with Gasteiger partial charge in [0.2, 0.25) is 0 Å². The molecule has 0 heterocycles. The van der Waals surface area contributed by atoms with E-state index in [0.717, 1.165) is 0 Å². The molecule has 8 heavy (non-hydrogen) atoms. The first kappa shape index (κ1) is 7.18. The van der Waals surface area contributed by atoms with E-state index in [1.807, 2.05) is 0 Å². The van der Waals surface area contributed by atoms with E-state index in [2.05, 4.69) is 13.2 Å². The average molecular weight is 110 g/mol. The minimum atomic E-state index is 0.0182. The number of aliphatic hydroxyl groups is 1. The molecule has 0 amide bonds. The summed E-state index contributed by atoms with van der Waals surface area (Å²) >= 11 is 0. The summed E-state index contributed by atoms with van der Waals surface area (Å²) in [6, 6.07) is 0. The van der Waals surface area contributed by atoms with Gasteiger partial charge in [0.15, 0.2) is 0 Å². The van der Waals surface area contributed by atoms with Crippen molar-refractivity contribution >= 4 is 0 Å². The number of rotatable bonds is 3. The van der Waals surface area contributed by atoms with Gasteiger partial charge in [-0.15, -0.1) is 0 Å². The number of hydrogen-bond donors (Lipinski definition) is 1. The van der Waals surface area contributed by atoms with Gasteiger partial charge in [-0.05, 0) is 5.57 Å². The van der Waals surface area contributed by atoms with Gasteiger partial charge < -0.3 is 5.11 Å². The highest BCUT2D eigenvalue weighted by molar-refractivity contribution is 5.17. The molecule has 0 saturated carbocycles. The molecular formula is C7H10O. The molecule has 0 spiro atoms. The van der Waals surface area contributed by atoms with E-state index in [1.165, 1.54) is 0 Å². The maximum absolute atomic E-state index is 8.38. The van der Waals surface area contributed by atoms with Gasteiger partial charge in [-0.25, -0.2) is 0 Å². The Morgan fingerprint density at radius 3 is 2.62 bits per heavy atom. The van der Waals surface area contributed by atoms with Crippen LogP contribution in [0.3, 0.4) is 0 Å². The second-order valence-corrected chi connectivity index (χ2v) is 1.41. The minimum Gasteiger partial charge on any atom is -0.392 e. The molecule has 1 nitrogen and oxygen atoms in total.